The quantitative estimate of drug-likeness (QED) is 0.696. The van der Waals surface area contributed by atoms with E-state index < -0.39 is 0 Å². The second-order valence-electron chi connectivity index (χ2n) is 5.04. The third-order valence-electron chi connectivity index (χ3n) is 3.72. The Morgan fingerprint density at radius 1 is 1.37 bits per heavy atom. The third-order valence-corrected chi connectivity index (χ3v) is 5.67. The van der Waals surface area contributed by atoms with Gasteiger partial charge in [-0.2, -0.15) is 0 Å². The number of ketones is 1. The van der Waals surface area contributed by atoms with Crippen molar-refractivity contribution in [1.29, 1.82) is 0 Å². The minimum absolute atomic E-state index is 0.0410. The summed E-state index contributed by atoms with van der Waals surface area (Å²) in [5, 5.41) is 0. The first-order chi connectivity index (χ1) is 9.16. The van der Waals surface area contributed by atoms with Crippen LogP contribution in [0.3, 0.4) is 0 Å². The smallest absolute Gasteiger partial charge is 0.181 e. The molecule has 1 aromatic heterocycles. The summed E-state index contributed by atoms with van der Waals surface area (Å²) < 4.78 is 0.947. The van der Waals surface area contributed by atoms with E-state index >= 15 is 0 Å². The molecule has 2 aromatic rings. The van der Waals surface area contributed by atoms with Crippen molar-refractivity contribution >= 4 is 33.0 Å². The predicted molar refractivity (Wildman–Crippen MR) is 83.2 cm³/mol. The number of fused-ring (bicyclic) bond motifs is 1. The van der Waals surface area contributed by atoms with Crippen molar-refractivity contribution in [2.24, 2.45) is 0 Å². The standard InChI is InChI=1S/C16H15BrOS/c1-10-9-14(17)16(19-10)15(18)13-8-4-6-11-5-2-3-7-12(11)13/h2-3,5,7,9,13H,4,6,8H2,1H3. The van der Waals surface area contributed by atoms with E-state index in [4.69, 9.17) is 0 Å². The van der Waals surface area contributed by atoms with Crippen LogP contribution >= 0.6 is 27.3 Å². The summed E-state index contributed by atoms with van der Waals surface area (Å²) in [6, 6.07) is 10.4. The van der Waals surface area contributed by atoms with Gasteiger partial charge >= 0.3 is 0 Å². The average molecular weight is 335 g/mol. The molecule has 1 aliphatic rings. The maximum absolute atomic E-state index is 12.8. The van der Waals surface area contributed by atoms with Crippen LogP contribution in [0, 0.1) is 6.92 Å². The largest absolute Gasteiger partial charge is 0.293 e. The van der Waals surface area contributed by atoms with Gasteiger partial charge in [0.15, 0.2) is 5.78 Å². The number of carbonyl (C=O) groups excluding carboxylic acids is 1. The molecule has 0 N–H and O–H groups in total. The fourth-order valence-electron chi connectivity index (χ4n) is 2.84. The molecule has 1 unspecified atom stereocenters. The summed E-state index contributed by atoms with van der Waals surface area (Å²) in [6.45, 7) is 2.04. The maximum Gasteiger partial charge on any atom is 0.181 e. The van der Waals surface area contributed by atoms with Gasteiger partial charge in [0, 0.05) is 15.3 Å². The normalized spacial score (nSPS) is 18.1. The highest BCUT2D eigenvalue weighted by Gasteiger charge is 2.29. The Balaban J connectivity index is 2.00. The number of Topliss-reactive ketones (excluding diaryl/α,β-unsaturated/α-hetero) is 1. The Bertz CT molecular complexity index is 629. The summed E-state index contributed by atoms with van der Waals surface area (Å²) in [6.07, 6.45) is 3.18. The predicted octanol–water partition coefficient (Wildman–Crippen LogP) is 5.12. The highest BCUT2D eigenvalue weighted by Crippen LogP contribution is 2.37. The van der Waals surface area contributed by atoms with E-state index in [1.54, 1.807) is 11.3 Å². The molecule has 98 valence electrons. The van der Waals surface area contributed by atoms with Crippen LogP contribution in [0.25, 0.3) is 0 Å². The molecule has 1 aromatic carbocycles. The molecule has 1 atom stereocenters. The van der Waals surface area contributed by atoms with Crippen LogP contribution in [0.5, 0.6) is 0 Å². The van der Waals surface area contributed by atoms with Gasteiger partial charge in [-0.05, 0) is 59.3 Å². The van der Waals surface area contributed by atoms with Crippen molar-refractivity contribution in [1.82, 2.24) is 0 Å². The number of thiophene rings is 1. The van der Waals surface area contributed by atoms with Crippen LogP contribution in [-0.4, -0.2) is 5.78 Å². The van der Waals surface area contributed by atoms with Crippen LogP contribution in [0.1, 0.15) is 44.4 Å². The number of hydrogen-bond donors (Lipinski definition) is 0. The fourth-order valence-corrected chi connectivity index (χ4v) is 4.67. The second kappa shape index (κ2) is 5.22. The molecule has 0 fully saturated rings. The highest BCUT2D eigenvalue weighted by atomic mass is 79.9. The first kappa shape index (κ1) is 13.1. The van der Waals surface area contributed by atoms with E-state index in [2.05, 4.69) is 34.1 Å². The molecule has 0 spiro atoms. The zero-order valence-corrected chi connectivity index (χ0v) is 13.2. The lowest BCUT2D eigenvalue weighted by Gasteiger charge is -2.24. The van der Waals surface area contributed by atoms with E-state index in [0.29, 0.717) is 0 Å². The number of hydrogen-bond acceptors (Lipinski definition) is 2. The number of rotatable bonds is 2. The van der Waals surface area contributed by atoms with E-state index in [1.807, 2.05) is 19.1 Å². The van der Waals surface area contributed by atoms with Crippen molar-refractivity contribution in [3.63, 3.8) is 0 Å². The lowest BCUT2D eigenvalue weighted by atomic mass is 9.80. The van der Waals surface area contributed by atoms with E-state index in [9.17, 15) is 4.79 Å². The average Bonchev–Trinajstić information content (AvgIpc) is 2.76. The van der Waals surface area contributed by atoms with Gasteiger partial charge in [0.2, 0.25) is 0 Å². The lowest BCUT2D eigenvalue weighted by Crippen LogP contribution is -2.18. The number of benzene rings is 1. The van der Waals surface area contributed by atoms with Crippen molar-refractivity contribution in [3.05, 3.63) is 55.7 Å². The number of halogens is 1. The third kappa shape index (κ3) is 2.41. The van der Waals surface area contributed by atoms with Crippen molar-refractivity contribution in [2.45, 2.75) is 32.1 Å². The monoisotopic (exact) mass is 334 g/mol. The van der Waals surface area contributed by atoms with Gasteiger partial charge < -0.3 is 0 Å². The molecule has 1 aliphatic carbocycles. The summed E-state index contributed by atoms with van der Waals surface area (Å²) in [7, 11) is 0. The molecule has 0 saturated heterocycles. The molecule has 3 rings (SSSR count). The molecule has 0 amide bonds. The molecule has 0 radical (unpaired) electrons. The Morgan fingerprint density at radius 3 is 2.89 bits per heavy atom. The molecule has 0 bridgehead atoms. The number of carbonyl (C=O) groups is 1. The zero-order valence-electron chi connectivity index (χ0n) is 10.8. The van der Waals surface area contributed by atoms with Crippen LogP contribution < -0.4 is 0 Å². The van der Waals surface area contributed by atoms with Gasteiger partial charge in [-0.3, -0.25) is 4.79 Å². The summed E-state index contributed by atoms with van der Waals surface area (Å²) in [4.78, 5) is 14.8. The Hall–Kier alpha value is -0.930. The van der Waals surface area contributed by atoms with Gasteiger partial charge in [-0.1, -0.05) is 24.3 Å². The molecular formula is C16H15BrOS. The topological polar surface area (TPSA) is 17.1 Å². The van der Waals surface area contributed by atoms with Gasteiger partial charge in [-0.15, -0.1) is 11.3 Å². The SMILES string of the molecule is Cc1cc(Br)c(C(=O)C2CCCc3ccccc32)s1. The van der Waals surface area contributed by atoms with Gasteiger partial charge in [0.1, 0.15) is 0 Å². The molecule has 19 heavy (non-hydrogen) atoms. The van der Waals surface area contributed by atoms with Crippen LogP contribution in [-0.2, 0) is 6.42 Å². The molecule has 1 nitrogen and oxygen atoms in total. The fraction of sp³-hybridized carbons (Fsp3) is 0.312. The zero-order chi connectivity index (χ0) is 13.4. The second-order valence-corrected chi connectivity index (χ2v) is 7.15. The Morgan fingerprint density at radius 2 is 2.16 bits per heavy atom. The highest BCUT2D eigenvalue weighted by molar-refractivity contribution is 9.10. The van der Waals surface area contributed by atoms with Crippen LogP contribution in [0.2, 0.25) is 0 Å². The van der Waals surface area contributed by atoms with E-state index in [0.717, 1.165) is 28.6 Å². The molecular weight excluding hydrogens is 320 g/mol. The molecule has 3 heteroatoms. The lowest BCUT2D eigenvalue weighted by molar-refractivity contribution is 0.0954. The summed E-state index contributed by atoms with van der Waals surface area (Å²) >= 11 is 5.11. The first-order valence-electron chi connectivity index (χ1n) is 6.55. The van der Waals surface area contributed by atoms with Gasteiger partial charge in [0.25, 0.3) is 0 Å². The molecule has 0 saturated carbocycles. The first-order valence-corrected chi connectivity index (χ1v) is 8.15. The summed E-state index contributed by atoms with van der Waals surface area (Å²) in [5.41, 5.74) is 2.58. The Labute approximate surface area is 125 Å². The number of aryl methyl sites for hydroxylation is 2. The minimum atomic E-state index is 0.0410. The molecule has 0 aliphatic heterocycles. The maximum atomic E-state index is 12.8. The van der Waals surface area contributed by atoms with Crippen molar-refractivity contribution in [2.75, 3.05) is 0 Å². The van der Waals surface area contributed by atoms with Crippen molar-refractivity contribution in [3.8, 4) is 0 Å². The minimum Gasteiger partial charge on any atom is -0.293 e. The Kier molecular flexibility index (Phi) is 3.59. The van der Waals surface area contributed by atoms with Crippen LogP contribution in [0.15, 0.2) is 34.8 Å². The molecule has 1 heterocycles. The van der Waals surface area contributed by atoms with Gasteiger partial charge in [-0.25, -0.2) is 0 Å². The van der Waals surface area contributed by atoms with Gasteiger partial charge in [0.05, 0.1) is 4.88 Å². The van der Waals surface area contributed by atoms with Crippen LogP contribution in [0.4, 0.5) is 0 Å². The van der Waals surface area contributed by atoms with E-state index in [1.165, 1.54) is 16.0 Å². The van der Waals surface area contributed by atoms with Crippen molar-refractivity contribution < 1.29 is 4.79 Å². The van der Waals surface area contributed by atoms with E-state index in [-0.39, 0.29) is 11.7 Å². The summed E-state index contributed by atoms with van der Waals surface area (Å²) in [5.74, 6) is 0.316.